The summed E-state index contributed by atoms with van der Waals surface area (Å²) in [5, 5.41) is 22.4. The zero-order chi connectivity index (χ0) is 14.0. The number of nitrogens with two attached hydrogens (primary N) is 1. The molecule has 5 N–H and O–H groups in total. The maximum Gasteiger partial charge on any atom is 0.339 e. The lowest BCUT2D eigenvalue weighted by molar-refractivity contribution is 0.0693. The van der Waals surface area contributed by atoms with E-state index >= 15 is 0 Å². The number of carboxylic acids is 1. The first-order valence-corrected chi connectivity index (χ1v) is 5.94. The van der Waals surface area contributed by atoms with Gasteiger partial charge in [0.25, 0.3) is 5.91 Å². The molecule has 0 saturated heterocycles. The van der Waals surface area contributed by atoms with E-state index in [4.69, 9.17) is 10.8 Å². The molecule has 0 atom stereocenters. The number of anilines is 2. The number of phenols is 1. The third-order valence-corrected chi connectivity index (χ3v) is 2.91. The van der Waals surface area contributed by atoms with E-state index in [-0.39, 0.29) is 27.8 Å². The molecule has 0 aliphatic heterocycles. The minimum atomic E-state index is -1.29. The predicted octanol–water partition coefficient (Wildman–Crippen LogP) is 1.38. The Bertz CT molecular complexity index is 653. The Hall–Kier alpha value is -2.61. The average Bonchev–Trinajstić information content (AvgIpc) is 2.78. The molecule has 2 rings (SSSR count). The number of rotatable bonds is 3. The van der Waals surface area contributed by atoms with Crippen LogP contribution in [0.1, 0.15) is 20.8 Å². The van der Waals surface area contributed by atoms with E-state index < -0.39 is 11.9 Å². The number of carboxylic acid groups (broad SMARTS) is 1. The summed E-state index contributed by atoms with van der Waals surface area (Å²) in [4.78, 5) is 26.4. The van der Waals surface area contributed by atoms with Crippen molar-refractivity contribution < 1.29 is 19.8 Å². The monoisotopic (exact) mass is 279 g/mol. The van der Waals surface area contributed by atoms with Crippen molar-refractivity contribution in [1.82, 2.24) is 4.98 Å². The topological polar surface area (TPSA) is 126 Å². The SMILES string of the molecule is Nc1nc(C(=O)Nc2ccc(O)c(C(=O)O)c2)cs1. The van der Waals surface area contributed by atoms with Crippen molar-refractivity contribution in [2.24, 2.45) is 0 Å². The molecule has 0 bridgehead atoms. The molecule has 0 spiro atoms. The van der Waals surface area contributed by atoms with Gasteiger partial charge in [-0.2, -0.15) is 0 Å². The number of nitrogens with one attached hydrogen (secondary N) is 1. The lowest BCUT2D eigenvalue weighted by Crippen LogP contribution is -2.13. The van der Waals surface area contributed by atoms with Gasteiger partial charge in [-0.05, 0) is 18.2 Å². The lowest BCUT2D eigenvalue weighted by atomic mass is 10.2. The highest BCUT2D eigenvalue weighted by molar-refractivity contribution is 7.13. The van der Waals surface area contributed by atoms with E-state index in [0.29, 0.717) is 0 Å². The molecule has 1 aromatic carbocycles. The number of nitrogens with zero attached hydrogens (tertiary/aromatic N) is 1. The van der Waals surface area contributed by atoms with E-state index in [2.05, 4.69) is 10.3 Å². The van der Waals surface area contributed by atoms with Crippen molar-refractivity contribution >= 4 is 34.0 Å². The molecule has 0 radical (unpaired) electrons. The van der Waals surface area contributed by atoms with E-state index in [9.17, 15) is 14.7 Å². The lowest BCUT2D eigenvalue weighted by Gasteiger charge is -2.05. The van der Waals surface area contributed by atoms with Gasteiger partial charge < -0.3 is 21.3 Å². The summed E-state index contributed by atoms with van der Waals surface area (Å²) in [5.74, 6) is -2.16. The van der Waals surface area contributed by atoms with Gasteiger partial charge in [0.1, 0.15) is 17.0 Å². The van der Waals surface area contributed by atoms with Crippen LogP contribution in [0, 0.1) is 0 Å². The van der Waals surface area contributed by atoms with Crippen LogP contribution < -0.4 is 11.1 Å². The van der Waals surface area contributed by atoms with E-state index in [1.165, 1.54) is 17.5 Å². The van der Waals surface area contributed by atoms with Crippen LogP contribution in [0.15, 0.2) is 23.6 Å². The van der Waals surface area contributed by atoms with Crippen molar-refractivity contribution in [3.63, 3.8) is 0 Å². The van der Waals surface area contributed by atoms with Gasteiger partial charge in [0.05, 0.1) is 0 Å². The molecule has 0 aliphatic rings. The number of carbonyl (C=O) groups is 2. The number of aromatic hydroxyl groups is 1. The smallest absolute Gasteiger partial charge is 0.339 e. The average molecular weight is 279 g/mol. The second kappa shape index (κ2) is 4.94. The summed E-state index contributed by atoms with van der Waals surface area (Å²) in [6.07, 6.45) is 0. The summed E-state index contributed by atoms with van der Waals surface area (Å²) in [6, 6.07) is 3.73. The van der Waals surface area contributed by atoms with Crippen LogP contribution in [0.5, 0.6) is 5.75 Å². The van der Waals surface area contributed by atoms with Gasteiger partial charge in [0.2, 0.25) is 0 Å². The summed E-state index contributed by atoms with van der Waals surface area (Å²) in [6.45, 7) is 0. The van der Waals surface area contributed by atoms with Crippen molar-refractivity contribution in [3.05, 3.63) is 34.8 Å². The number of hydrogen-bond acceptors (Lipinski definition) is 6. The zero-order valence-electron chi connectivity index (χ0n) is 9.45. The maximum atomic E-state index is 11.8. The molecule has 0 saturated carbocycles. The van der Waals surface area contributed by atoms with E-state index in [1.54, 1.807) is 0 Å². The van der Waals surface area contributed by atoms with Crippen LogP contribution in [0.2, 0.25) is 0 Å². The van der Waals surface area contributed by atoms with Gasteiger partial charge in [0.15, 0.2) is 5.13 Å². The standard InChI is InChI=1S/C11H9N3O4S/c12-11-14-7(4-19-11)9(16)13-5-1-2-8(15)6(3-5)10(17)18/h1-4,15H,(H2,12,14)(H,13,16)(H,17,18). The van der Waals surface area contributed by atoms with Crippen molar-refractivity contribution in [3.8, 4) is 5.75 Å². The molecule has 2 aromatic rings. The third-order valence-electron chi connectivity index (χ3n) is 2.24. The first-order chi connectivity index (χ1) is 8.97. The Morgan fingerprint density at radius 2 is 2.11 bits per heavy atom. The second-order valence-corrected chi connectivity index (χ2v) is 4.45. The predicted molar refractivity (Wildman–Crippen MR) is 69.5 cm³/mol. The molecule has 1 heterocycles. The fourth-order valence-electron chi connectivity index (χ4n) is 1.37. The van der Waals surface area contributed by atoms with Crippen LogP contribution in [0.25, 0.3) is 0 Å². The summed E-state index contributed by atoms with van der Waals surface area (Å²) >= 11 is 1.13. The van der Waals surface area contributed by atoms with Crippen LogP contribution >= 0.6 is 11.3 Å². The van der Waals surface area contributed by atoms with Crippen molar-refractivity contribution in [2.45, 2.75) is 0 Å². The van der Waals surface area contributed by atoms with Gasteiger partial charge in [-0.25, -0.2) is 9.78 Å². The Morgan fingerprint density at radius 1 is 1.37 bits per heavy atom. The highest BCUT2D eigenvalue weighted by atomic mass is 32.1. The Kier molecular flexibility index (Phi) is 3.34. The van der Waals surface area contributed by atoms with Gasteiger partial charge in [-0.3, -0.25) is 4.79 Å². The Labute approximate surface area is 111 Å². The largest absolute Gasteiger partial charge is 0.507 e. The van der Waals surface area contributed by atoms with Crippen molar-refractivity contribution in [2.75, 3.05) is 11.1 Å². The number of aromatic nitrogens is 1. The second-order valence-electron chi connectivity index (χ2n) is 3.56. The summed E-state index contributed by atoms with van der Waals surface area (Å²) in [7, 11) is 0. The van der Waals surface area contributed by atoms with Crippen LogP contribution in [-0.2, 0) is 0 Å². The molecular formula is C11H9N3O4S. The van der Waals surface area contributed by atoms with Gasteiger partial charge in [-0.15, -0.1) is 11.3 Å². The number of carbonyl (C=O) groups excluding carboxylic acids is 1. The highest BCUT2D eigenvalue weighted by Gasteiger charge is 2.13. The number of nitrogen functional groups attached to an aromatic ring is 1. The normalized spacial score (nSPS) is 10.1. The van der Waals surface area contributed by atoms with E-state index in [1.807, 2.05) is 0 Å². The fourth-order valence-corrected chi connectivity index (χ4v) is 1.92. The van der Waals surface area contributed by atoms with Gasteiger partial charge >= 0.3 is 5.97 Å². The zero-order valence-corrected chi connectivity index (χ0v) is 10.3. The molecule has 1 amide bonds. The first kappa shape index (κ1) is 12.8. The van der Waals surface area contributed by atoms with Crippen LogP contribution in [0.4, 0.5) is 10.8 Å². The van der Waals surface area contributed by atoms with Gasteiger partial charge in [-0.1, -0.05) is 0 Å². The fraction of sp³-hybridized carbons (Fsp3) is 0. The van der Waals surface area contributed by atoms with Crippen molar-refractivity contribution in [1.29, 1.82) is 0 Å². The molecular weight excluding hydrogens is 270 g/mol. The molecule has 0 fully saturated rings. The third kappa shape index (κ3) is 2.80. The number of amides is 1. The first-order valence-electron chi connectivity index (χ1n) is 5.06. The maximum absolute atomic E-state index is 11.8. The quantitative estimate of drug-likeness (QED) is 0.629. The molecule has 8 heteroatoms. The molecule has 19 heavy (non-hydrogen) atoms. The number of thiazole rings is 1. The summed E-state index contributed by atoms with van der Waals surface area (Å²) < 4.78 is 0. The Balaban J connectivity index is 2.22. The Morgan fingerprint density at radius 3 is 2.68 bits per heavy atom. The number of benzene rings is 1. The molecule has 7 nitrogen and oxygen atoms in total. The van der Waals surface area contributed by atoms with Crippen LogP contribution in [-0.4, -0.2) is 27.1 Å². The molecule has 1 aromatic heterocycles. The minimum absolute atomic E-state index is 0.146. The van der Waals surface area contributed by atoms with Crippen LogP contribution in [0.3, 0.4) is 0 Å². The number of aromatic carboxylic acids is 1. The molecule has 0 unspecified atom stereocenters. The van der Waals surface area contributed by atoms with E-state index in [0.717, 1.165) is 17.4 Å². The summed E-state index contributed by atoms with van der Waals surface area (Å²) in [5.41, 5.74) is 5.50. The highest BCUT2D eigenvalue weighted by Crippen LogP contribution is 2.22. The van der Waals surface area contributed by atoms with Gasteiger partial charge in [0, 0.05) is 11.1 Å². The molecule has 98 valence electrons. The molecule has 0 aliphatic carbocycles. The number of hydrogen-bond donors (Lipinski definition) is 4. The minimum Gasteiger partial charge on any atom is -0.507 e.